The Morgan fingerprint density at radius 3 is 2.54 bits per heavy atom. The van der Waals surface area contributed by atoms with Gasteiger partial charge >= 0.3 is 12.1 Å². The van der Waals surface area contributed by atoms with Crippen LogP contribution in [0.1, 0.15) is 30.9 Å². The summed E-state index contributed by atoms with van der Waals surface area (Å²) in [6.07, 6.45) is -5.96. The van der Waals surface area contributed by atoms with Crippen molar-refractivity contribution in [3.05, 3.63) is 35.4 Å². The number of hydrogen-bond acceptors (Lipinski definition) is 5. The van der Waals surface area contributed by atoms with Crippen molar-refractivity contribution in [2.45, 2.75) is 57.5 Å². The highest BCUT2D eigenvalue weighted by atomic mass is 19.4. The second-order valence-electron chi connectivity index (χ2n) is 7.29. The Kier molecular flexibility index (Phi) is 8.27. The molecular weight excluding hydrogens is 375 g/mol. The highest BCUT2D eigenvalue weighted by Gasteiger charge is 2.34. The van der Waals surface area contributed by atoms with Crippen LogP contribution in [0.5, 0.6) is 0 Å². The van der Waals surface area contributed by atoms with E-state index in [0.29, 0.717) is 6.42 Å². The van der Waals surface area contributed by atoms with Gasteiger partial charge in [-0.3, -0.25) is 4.79 Å². The standard InChI is InChI=1S/C20H28F3NO4/c1-13-4-6-15(7-5-13)10-16-11-26-12-17(24)19(25)28-14(2)18(16)27-9-3-8-20(21,22)23/h4-7,14,16-18H,3,8-12,24H2,1-2H3/t14-,16-,17-,18-/m0/s1. The van der Waals surface area contributed by atoms with Crippen molar-refractivity contribution in [2.75, 3.05) is 19.8 Å². The van der Waals surface area contributed by atoms with Gasteiger partial charge in [0.2, 0.25) is 0 Å². The lowest BCUT2D eigenvalue weighted by atomic mass is 9.91. The quantitative estimate of drug-likeness (QED) is 0.584. The molecule has 2 N–H and O–H groups in total. The Hall–Kier alpha value is -1.64. The Labute approximate surface area is 163 Å². The van der Waals surface area contributed by atoms with Crippen molar-refractivity contribution >= 4 is 5.97 Å². The van der Waals surface area contributed by atoms with E-state index in [1.165, 1.54) is 0 Å². The second kappa shape index (κ2) is 10.2. The molecule has 1 heterocycles. The van der Waals surface area contributed by atoms with Crippen LogP contribution < -0.4 is 5.73 Å². The fourth-order valence-corrected chi connectivity index (χ4v) is 3.20. The molecule has 0 spiro atoms. The number of halogens is 3. The number of carbonyl (C=O) groups is 1. The zero-order valence-electron chi connectivity index (χ0n) is 16.2. The Balaban J connectivity index is 2.11. The van der Waals surface area contributed by atoms with Crippen molar-refractivity contribution in [1.29, 1.82) is 0 Å². The average molecular weight is 403 g/mol. The zero-order chi connectivity index (χ0) is 20.7. The molecule has 0 aliphatic carbocycles. The lowest BCUT2D eigenvalue weighted by molar-refractivity contribution is -0.161. The molecule has 1 fully saturated rings. The molecule has 0 saturated carbocycles. The Morgan fingerprint density at radius 1 is 1.21 bits per heavy atom. The van der Waals surface area contributed by atoms with Gasteiger partial charge in [0.05, 0.1) is 19.3 Å². The van der Waals surface area contributed by atoms with Gasteiger partial charge in [0.25, 0.3) is 0 Å². The first-order valence-electron chi connectivity index (χ1n) is 9.43. The van der Waals surface area contributed by atoms with E-state index in [2.05, 4.69) is 0 Å². The van der Waals surface area contributed by atoms with Gasteiger partial charge in [-0.25, -0.2) is 0 Å². The molecule has 1 aliphatic rings. The first-order chi connectivity index (χ1) is 13.2. The summed E-state index contributed by atoms with van der Waals surface area (Å²) in [6.45, 7) is 3.88. The van der Waals surface area contributed by atoms with Crippen molar-refractivity contribution < 1.29 is 32.2 Å². The lowest BCUT2D eigenvalue weighted by Gasteiger charge is -2.31. The van der Waals surface area contributed by atoms with Crippen molar-refractivity contribution in [3.63, 3.8) is 0 Å². The molecule has 0 aromatic heterocycles. The Bertz CT molecular complexity index is 621. The molecule has 0 unspecified atom stereocenters. The van der Waals surface area contributed by atoms with Crippen molar-refractivity contribution in [3.8, 4) is 0 Å². The number of cyclic esters (lactones) is 1. The third-order valence-corrected chi connectivity index (χ3v) is 4.69. The molecular formula is C20H28F3NO4. The highest BCUT2D eigenvalue weighted by molar-refractivity contribution is 5.75. The first-order valence-corrected chi connectivity index (χ1v) is 9.43. The fourth-order valence-electron chi connectivity index (χ4n) is 3.20. The molecule has 4 atom stereocenters. The van der Waals surface area contributed by atoms with Gasteiger partial charge in [0, 0.05) is 18.9 Å². The number of carbonyl (C=O) groups excluding carboxylic acids is 1. The summed E-state index contributed by atoms with van der Waals surface area (Å²) in [5.41, 5.74) is 7.92. The van der Waals surface area contributed by atoms with Crippen LogP contribution in [-0.4, -0.2) is 50.2 Å². The molecule has 0 amide bonds. The summed E-state index contributed by atoms with van der Waals surface area (Å²) < 4.78 is 54.0. The largest absolute Gasteiger partial charge is 0.459 e. The van der Waals surface area contributed by atoms with E-state index in [9.17, 15) is 18.0 Å². The minimum absolute atomic E-state index is 0.0245. The zero-order valence-corrected chi connectivity index (χ0v) is 16.2. The maximum atomic E-state index is 12.4. The third-order valence-electron chi connectivity index (χ3n) is 4.69. The van der Waals surface area contributed by atoms with Crippen LogP contribution in [0.15, 0.2) is 24.3 Å². The van der Waals surface area contributed by atoms with E-state index in [0.717, 1.165) is 11.1 Å². The Morgan fingerprint density at radius 2 is 1.89 bits per heavy atom. The van der Waals surface area contributed by atoms with E-state index < -0.39 is 36.8 Å². The molecule has 1 saturated heterocycles. The summed E-state index contributed by atoms with van der Waals surface area (Å²) in [7, 11) is 0. The number of alkyl halides is 3. The fraction of sp³-hybridized carbons (Fsp3) is 0.650. The van der Waals surface area contributed by atoms with Gasteiger partial charge in [-0.05, 0) is 32.3 Å². The highest BCUT2D eigenvalue weighted by Crippen LogP contribution is 2.25. The number of rotatable bonds is 6. The smallest absolute Gasteiger partial charge is 0.389 e. The molecule has 1 aromatic rings. The van der Waals surface area contributed by atoms with E-state index in [1.54, 1.807) is 6.92 Å². The number of ether oxygens (including phenoxy) is 3. The molecule has 5 nitrogen and oxygen atoms in total. The van der Waals surface area contributed by atoms with Gasteiger partial charge in [-0.1, -0.05) is 29.8 Å². The number of benzene rings is 1. The molecule has 0 radical (unpaired) electrons. The van der Waals surface area contributed by atoms with Gasteiger partial charge < -0.3 is 19.9 Å². The number of aryl methyl sites for hydroxylation is 1. The minimum Gasteiger partial charge on any atom is -0.459 e. The van der Waals surface area contributed by atoms with E-state index >= 15 is 0 Å². The summed E-state index contributed by atoms with van der Waals surface area (Å²) in [6, 6.07) is 7.07. The van der Waals surface area contributed by atoms with Gasteiger partial charge in [0.15, 0.2) is 0 Å². The van der Waals surface area contributed by atoms with Crippen LogP contribution in [-0.2, 0) is 25.4 Å². The van der Waals surface area contributed by atoms with Crippen LogP contribution in [0.2, 0.25) is 0 Å². The molecule has 28 heavy (non-hydrogen) atoms. The van der Waals surface area contributed by atoms with E-state index in [-0.39, 0.29) is 32.2 Å². The van der Waals surface area contributed by atoms with E-state index in [1.807, 2.05) is 31.2 Å². The van der Waals surface area contributed by atoms with Crippen LogP contribution in [0.4, 0.5) is 13.2 Å². The number of hydrogen-bond donors (Lipinski definition) is 1. The number of esters is 1. The maximum Gasteiger partial charge on any atom is 0.389 e. The van der Waals surface area contributed by atoms with Crippen molar-refractivity contribution in [1.82, 2.24) is 0 Å². The monoisotopic (exact) mass is 403 g/mol. The molecule has 1 aliphatic heterocycles. The molecule has 2 rings (SSSR count). The van der Waals surface area contributed by atoms with Gasteiger partial charge in [-0.15, -0.1) is 0 Å². The predicted molar refractivity (Wildman–Crippen MR) is 97.8 cm³/mol. The normalized spacial score (nSPS) is 26.9. The van der Waals surface area contributed by atoms with Crippen LogP contribution in [0, 0.1) is 12.8 Å². The minimum atomic E-state index is -4.23. The third kappa shape index (κ3) is 7.41. The number of nitrogens with two attached hydrogens (primary N) is 1. The maximum absolute atomic E-state index is 12.4. The van der Waals surface area contributed by atoms with Gasteiger partial charge in [0.1, 0.15) is 12.1 Å². The molecule has 158 valence electrons. The van der Waals surface area contributed by atoms with Crippen LogP contribution >= 0.6 is 0 Å². The van der Waals surface area contributed by atoms with Crippen LogP contribution in [0.3, 0.4) is 0 Å². The second-order valence-corrected chi connectivity index (χ2v) is 7.29. The van der Waals surface area contributed by atoms with Crippen molar-refractivity contribution in [2.24, 2.45) is 11.7 Å². The van der Waals surface area contributed by atoms with Gasteiger partial charge in [-0.2, -0.15) is 13.2 Å². The lowest BCUT2D eigenvalue weighted by Crippen LogP contribution is -2.42. The molecule has 1 aromatic carbocycles. The molecule has 8 heteroatoms. The predicted octanol–water partition coefficient (Wildman–Crippen LogP) is 3.17. The SMILES string of the molecule is Cc1ccc(C[C@H]2COC[C@H](N)C(=O)O[C@@H](C)[C@@H]2OCCCC(F)(F)F)cc1. The summed E-state index contributed by atoms with van der Waals surface area (Å²) in [5.74, 6) is -0.797. The van der Waals surface area contributed by atoms with E-state index in [4.69, 9.17) is 19.9 Å². The average Bonchev–Trinajstić information content (AvgIpc) is 2.65. The summed E-state index contributed by atoms with van der Waals surface area (Å²) in [5, 5.41) is 0. The summed E-state index contributed by atoms with van der Waals surface area (Å²) in [4.78, 5) is 12.0. The van der Waals surface area contributed by atoms with Crippen LogP contribution in [0.25, 0.3) is 0 Å². The molecule has 0 bridgehead atoms. The topological polar surface area (TPSA) is 70.8 Å². The summed E-state index contributed by atoms with van der Waals surface area (Å²) >= 11 is 0. The first kappa shape index (κ1) is 22.6.